The van der Waals surface area contributed by atoms with Gasteiger partial charge in [0.2, 0.25) is 0 Å². The Morgan fingerprint density at radius 1 is 1.13 bits per heavy atom. The summed E-state index contributed by atoms with van der Waals surface area (Å²) in [5.74, 6) is 1.70. The Labute approximate surface area is 157 Å². The Morgan fingerprint density at radius 3 is 2.39 bits per heavy atom. The van der Waals surface area contributed by atoms with Crippen molar-refractivity contribution in [1.82, 2.24) is 10.6 Å². The van der Waals surface area contributed by atoms with Crippen molar-refractivity contribution in [3.05, 3.63) is 29.8 Å². The third-order valence-electron chi connectivity index (χ3n) is 2.80. The van der Waals surface area contributed by atoms with Crippen molar-refractivity contribution in [1.29, 1.82) is 0 Å². The Balaban J connectivity index is 0.00000484. The lowest BCUT2D eigenvalue weighted by atomic mass is 10.2. The number of aliphatic imine (C=N–C) groups is 1. The van der Waals surface area contributed by atoms with Crippen LogP contribution in [-0.4, -0.2) is 38.4 Å². The third kappa shape index (κ3) is 10.4. The smallest absolute Gasteiger partial charge is 0.191 e. The van der Waals surface area contributed by atoms with E-state index in [0.29, 0.717) is 13.2 Å². The molecule has 1 aromatic carbocycles. The van der Waals surface area contributed by atoms with Gasteiger partial charge in [-0.05, 0) is 45.4 Å². The highest BCUT2D eigenvalue weighted by Crippen LogP contribution is 2.14. The molecule has 6 heteroatoms. The molecule has 0 amide bonds. The molecule has 1 rings (SSSR count). The lowest BCUT2D eigenvalue weighted by Crippen LogP contribution is -2.39. The van der Waals surface area contributed by atoms with Gasteiger partial charge < -0.3 is 20.1 Å². The first-order valence-corrected chi connectivity index (χ1v) is 8.01. The van der Waals surface area contributed by atoms with Crippen LogP contribution >= 0.6 is 24.0 Å². The molecule has 132 valence electrons. The molecule has 0 fully saturated rings. The standard InChI is InChI=1S/C17H29N3O2.HI/c1-5-18-17(19-11-12-21-6-2)20-13-15-7-9-16(10-8-15)22-14(3)4;/h7-10,14H,5-6,11-13H2,1-4H3,(H2,18,19,20);1H. The van der Waals surface area contributed by atoms with Crippen LogP contribution in [0.4, 0.5) is 0 Å². The normalized spacial score (nSPS) is 11.1. The van der Waals surface area contributed by atoms with E-state index in [2.05, 4.69) is 22.5 Å². The second kappa shape index (κ2) is 13.4. The number of rotatable bonds is 9. The summed E-state index contributed by atoms with van der Waals surface area (Å²) in [6.07, 6.45) is 0.193. The van der Waals surface area contributed by atoms with Crippen molar-refractivity contribution >= 4 is 29.9 Å². The van der Waals surface area contributed by atoms with Crippen LogP contribution in [0, 0.1) is 0 Å². The third-order valence-corrected chi connectivity index (χ3v) is 2.80. The van der Waals surface area contributed by atoms with Crippen molar-refractivity contribution in [2.24, 2.45) is 4.99 Å². The maximum absolute atomic E-state index is 5.64. The van der Waals surface area contributed by atoms with Crippen LogP contribution < -0.4 is 15.4 Å². The van der Waals surface area contributed by atoms with E-state index in [1.54, 1.807) is 0 Å². The molecule has 1 aromatic rings. The average molecular weight is 435 g/mol. The summed E-state index contributed by atoms with van der Waals surface area (Å²) in [5.41, 5.74) is 1.15. The van der Waals surface area contributed by atoms with Crippen molar-refractivity contribution in [3.8, 4) is 5.75 Å². The number of hydrogen-bond acceptors (Lipinski definition) is 3. The molecule has 0 aliphatic heterocycles. The second-order valence-electron chi connectivity index (χ2n) is 5.13. The Bertz CT molecular complexity index is 436. The zero-order valence-electron chi connectivity index (χ0n) is 14.6. The fourth-order valence-electron chi connectivity index (χ4n) is 1.84. The fraction of sp³-hybridized carbons (Fsp3) is 0.588. The predicted octanol–water partition coefficient (Wildman–Crippen LogP) is 3.18. The molecule has 5 nitrogen and oxygen atoms in total. The van der Waals surface area contributed by atoms with Crippen LogP contribution in [0.1, 0.15) is 33.3 Å². The predicted molar refractivity (Wildman–Crippen MR) is 107 cm³/mol. The lowest BCUT2D eigenvalue weighted by Gasteiger charge is -2.12. The number of ether oxygens (including phenoxy) is 2. The van der Waals surface area contributed by atoms with Gasteiger partial charge in [-0.25, -0.2) is 4.99 Å². The van der Waals surface area contributed by atoms with Gasteiger partial charge in [-0.3, -0.25) is 0 Å². The minimum absolute atomic E-state index is 0. The average Bonchev–Trinajstić information content (AvgIpc) is 2.50. The first-order valence-electron chi connectivity index (χ1n) is 8.01. The molecule has 0 spiro atoms. The van der Waals surface area contributed by atoms with E-state index in [-0.39, 0.29) is 30.1 Å². The molecule has 23 heavy (non-hydrogen) atoms. The van der Waals surface area contributed by atoms with Gasteiger partial charge >= 0.3 is 0 Å². The fourth-order valence-corrected chi connectivity index (χ4v) is 1.84. The molecule has 0 radical (unpaired) electrons. The summed E-state index contributed by atoms with van der Waals surface area (Å²) < 4.78 is 10.9. The minimum Gasteiger partial charge on any atom is -0.491 e. The minimum atomic E-state index is 0. The van der Waals surface area contributed by atoms with E-state index in [1.165, 1.54) is 0 Å². The van der Waals surface area contributed by atoms with E-state index in [1.807, 2.05) is 45.0 Å². The molecule has 0 saturated heterocycles. The molecule has 0 saturated carbocycles. The summed E-state index contributed by atoms with van der Waals surface area (Å²) >= 11 is 0. The first kappa shape index (κ1) is 22.0. The summed E-state index contributed by atoms with van der Waals surface area (Å²) in [4.78, 5) is 4.57. The van der Waals surface area contributed by atoms with Crippen LogP contribution in [0.15, 0.2) is 29.3 Å². The van der Waals surface area contributed by atoms with Gasteiger partial charge in [0.05, 0.1) is 19.3 Å². The Kier molecular flexibility index (Phi) is 12.8. The van der Waals surface area contributed by atoms with Crippen molar-refractivity contribution in [2.45, 2.75) is 40.3 Å². The van der Waals surface area contributed by atoms with Crippen molar-refractivity contribution in [2.75, 3.05) is 26.3 Å². The summed E-state index contributed by atoms with van der Waals surface area (Å²) in [5, 5.41) is 6.48. The number of hydrogen-bond donors (Lipinski definition) is 2. The Morgan fingerprint density at radius 2 is 1.83 bits per heavy atom. The van der Waals surface area contributed by atoms with Gasteiger partial charge in [0, 0.05) is 19.7 Å². The number of guanidine groups is 1. The van der Waals surface area contributed by atoms with Gasteiger partial charge in [-0.15, -0.1) is 24.0 Å². The molecular weight excluding hydrogens is 405 g/mol. The SMILES string of the molecule is CCNC(=NCc1ccc(OC(C)C)cc1)NCCOCC.I. The number of nitrogens with one attached hydrogen (secondary N) is 2. The first-order chi connectivity index (χ1) is 10.7. The molecule has 0 aliphatic carbocycles. The van der Waals surface area contributed by atoms with Gasteiger partial charge in [0.15, 0.2) is 5.96 Å². The van der Waals surface area contributed by atoms with E-state index in [0.717, 1.165) is 37.0 Å². The summed E-state index contributed by atoms with van der Waals surface area (Å²) in [6, 6.07) is 8.07. The highest BCUT2D eigenvalue weighted by atomic mass is 127. The monoisotopic (exact) mass is 435 g/mol. The quantitative estimate of drug-likeness (QED) is 0.271. The van der Waals surface area contributed by atoms with E-state index in [9.17, 15) is 0 Å². The van der Waals surface area contributed by atoms with Gasteiger partial charge in [-0.2, -0.15) is 0 Å². The number of nitrogens with zero attached hydrogens (tertiary/aromatic N) is 1. The van der Waals surface area contributed by atoms with Crippen molar-refractivity contribution in [3.63, 3.8) is 0 Å². The molecule has 0 aromatic heterocycles. The topological polar surface area (TPSA) is 54.9 Å². The molecule has 0 atom stereocenters. The van der Waals surface area contributed by atoms with Crippen LogP contribution in [0.25, 0.3) is 0 Å². The van der Waals surface area contributed by atoms with Gasteiger partial charge in [0.1, 0.15) is 5.75 Å². The molecular formula is C17H30IN3O2. The second-order valence-corrected chi connectivity index (χ2v) is 5.13. The molecule has 0 heterocycles. The van der Waals surface area contributed by atoms with Crippen LogP contribution in [0.5, 0.6) is 5.75 Å². The molecule has 0 bridgehead atoms. The van der Waals surface area contributed by atoms with Crippen LogP contribution in [-0.2, 0) is 11.3 Å². The Hall–Kier alpha value is -1.02. The van der Waals surface area contributed by atoms with Gasteiger partial charge in [-0.1, -0.05) is 12.1 Å². The summed E-state index contributed by atoms with van der Waals surface area (Å²) in [6.45, 7) is 11.7. The largest absolute Gasteiger partial charge is 0.491 e. The zero-order chi connectivity index (χ0) is 16.2. The maximum atomic E-state index is 5.64. The highest BCUT2D eigenvalue weighted by Gasteiger charge is 1.99. The molecule has 0 unspecified atom stereocenters. The lowest BCUT2D eigenvalue weighted by molar-refractivity contribution is 0.152. The maximum Gasteiger partial charge on any atom is 0.191 e. The molecule has 2 N–H and O–H groups in total. The number of benzene rings is 1. The molecule has 0 aliphatic rings. The summed E-state index contributed by atoms with van der Waals surface area (Å²) in [7, 11) is 0. The van der Waals surface area contributed by atoms with Crippen LogP contribution in [0.2, 0.25) is 0 Å². The van der Waals surface area contributed by atoms with E-state index < -0.39 is 0 Å². The highest BCUT2D eigenvalue weighted by molar-refractivity contribution is 14.0. The zero-order valence-corrected chi connectivity index (χ0v) is 16.9. The van der Waals surface area contributed by atoms with Crippen molar-refractivity contribution < 1.29 is 9.47 Å². The van der Waals surface area contributed by atoms with Gasteiger partial charge in [0.25, 0.3) is 0 Å². The number of halogens is 1. The van der Waals surface area contributed by atoms with E-state index >= 15 is 0 Å². The van der Waals surface area contributed by atoms with E-state index in [4.69, 9.17) is 9.47 Å². The van der Waals surface area contributed by atoms with Crippen LogP contribution in [0.3, 0.4) is 0 Å².